The number of allylic oxidation sites excluding steroid dienone is 2. The fourth-order valence-corrected chi connectivity index (χ4v) is 5.57. The van der Waals surface area contributed by atoms with Crippen LogP contribution >= 0.6 is 0 Å². The van der Waals surface area contributed by atoms with Crippen molar-refractivity contribution < 1.29 is 69.3 Å². The highest BCUT2D eigenvalue weighted by Crippen LogP contribution is 2.39. The Bertz CT molecular complexity index is 885. The molecule has 0 aromatic rings. The minimum Gasteiger partial charge on any atom is -0.424 e. The van der Waals surface area contributed by atoms with Crippen molar-refractivity contribution in [3.63, 3.8) is 0 Å². The van der Waals surface area contributed by atoms with E-state index in [9.17, 15) is 45.6 Å². The van der Waals surface area contributed by atoms with Gasteiger partial charge in [0.05, 0.1) is 13.2 Å². The van der Waals surface area contributed by atoms with Crippen molar-refractivity contribution in [3.8, 4) is 0 Å². The first kappa shape index (κ1) is 41.9. The van der Waals surface area contributed by atoms with Crippen LogP contribution in [0.15, 0.2) is 12.2 Å². The molecule has 0 saturated carbocycles. The molecule has 2 heterocycles. The smallest absolute Gasteiger partial charge is 0.308 e. The average Bonchev–Trinajstić information content (AvgIpc) is 3.04. The van der Waals surface area contributed by atoms with Gasteiger partial charge in [-0.25, -0.2) is 0 Å². The Morgan fingerprint density at radius 2 is 1.32 bits per heavy atom. The van der Waals surface area contributed by atoms with Gasteiger partial charge in [0.25, 0.3) is 11.6 Å². The minimum absolute atomic E-state index is 0.0527. The van der Waals surface area contributed by atoms with Crippen LogP contribution < -0.4 is 0 Å². The van der Waals surface area contributed by atoms with E-state index >= 15 is 0 Å². The number of unbranched alkanes of at least 4 members (excludes halogenated alkanes) is 11. The van der Waals surface area contributed by atoms with Crippen molar-refractivity contribution in [3.05, 3.63) is 12.2 Å². The molecule has 9 atom stereocenters. The molecule has 2 fully saturated rings. The summed E-state index contributed by atoms with van der Waals surface area (Å²) in [7, 11) is 0. The average molecular weight is 681 g/mol. The Balaban J connectivity index is 1.85. The zero-order chi connectivity index (χ0) is 34.9. The Morgan fingerprint density at radius 1 is 0.723 bits per heavy atom. The standard InChI is InChI=1S/C33H60O14/c1-3-5-6-7-8-9-10-11-12-13-14-15-16-17-18-19-25(35)47-33(42)29(39)24(46-31(32(33,40)41)43-20-4-2)22-44-30-28(38)27(37)26(36)23(21-34)45-30/h11-12,23-24,26-31,34,36-42H,3-10,13-22H2,1-2H3/b12-11-/t23-,24-,26+,27+,28+,29+,30+,31-,33-/m1/s1. The van der Waals surface area contributed by atoms with Gasteiger partial charge in [0, 0.05) is 13.0 Å². The third-order valence-corrected chi connectivity index (χ3v) is 8.57. The number of rotatable bonds is 23. The molecule has 2 rings (SSSR count). The van der Waals surface area contributed by atoms with Crippen molar-refractivity contribution in [2.75, 3.05) is 19.8 Å². The second kappa shape index (κ2) is 21.7. The molecule has 8 N–H and O–H groups in total. The number of esters is 1. The molecule has 14 nitrogen and oxygen atoms in total. The van der Waals surface area contributed by atoms with Gasteiger partial charge in [0.1, 0.15) is 30.5 Å². The second-order valence-corrected chi connectivity index (χ2v) is 12.6. The first-order valence-electron chi connectivity index (χ1n) is 17.4. The number of ether oxygens (including phenoxy) is 5. The lowest BCUT2D eigenvalue weighted by Crippen LogP contribution is -2.76. The zero-order valence-electron chi connectivity index (χ0n) is 28.0. The normalized spacial score (nSPS) is 32.6. The summed E-state index contributed by atoms with van der Waals surface area (Å²) in [6, 6.07) is 0. The van der Waals surface area contributed by atoms with E-state index in [2.05, 4.69) is 19.1 Å². The monoisotopic (exact) mass is 680 g/mol. The van der Waals surface area contributed by atoms with Gasteiger partial charge in [0.15, 0.2) is 12.4 Å². The molecular formula is C33H60O14. The molecule has 0 aromatic carbocycles. The third-order valence-electron chi connectivity index (χ3n) is 8.57. The van der Waals surface area contributed by atoms with Gasteiger partial charge in [-0.3, -0.25) is 4.79 Å². The van der Waals surface area contributed by atoms with E-state index in [1.807, 2.05) is 0 Å². The maximum absolute atomic E-state index is 12.7. The van der Waals surface area contributed by atoms with Gasteiger partial charge in [-0.1, -0.05) is 77.4 Å². The maximum atomic E-state index is 12.7. The summed E-state index contributed by atoms with van der Waals surface area (Å²) in [4.78, 5) is 12.7. The molecule has 0 aromatic heterocycles. The summed E-state index contributed by atoms with van der Waals surface area (Å²) < 4.78 is 26.6. The Kier molecular flexibility index (Phi) is 19.4. The van der Waals surface area contributed by atoms with Crippen molar-refractivity contribution >= 4 is 5.97 Å². The van der Waals surface area contributed by atoms with Gasteiger partial charge >= 0.3 is 5.97 Å². The quantitative estimate of drug-likeness (QED) is 0.0329. The third kappa shape index (κ3) is 12.5. The molecule has 2 aliphatic rings. The summed E-state index contributed by atoms with van der Waals surface area (Å²) in [5.74, 6) is -7.67. The number of carbonyl (C=O) groups excluding carboxylic acids is 1. The van der Waals surface area contributed by atoms with Crippen molar-refractivity contribution in [2.24, 2.45) is 0 Å². The fourth-order valence-electron chi connectivity index (χ4n) is 5.57. The topological polar surface area (TPSA) is 225 Å². The summed E-state index contributed by atoms with van der Waals surface area (Å²) >= 11 is 0. The summed E-state index contributed by atoms with van der Waals surface area (Å²) in [6.45, 7) is 2.50. The van der Waals surface area contributed by atoms with E-state index in [0.29, 0.717) is 19.3 Å². The molecule has 0 bridgehead atoms. The van der Waals surface area contributed by atoms with Gasteiger partial charge < -0.3 is 64.5 Å². The fraction of sp³-hybridized carbons (Fsp3) is 0.909. The number of aliphatic hydroxyl groups is 8. The molecular weight excluding hydrogens is 620 g/mol. The summed E-state index contributed by atoms with van der Waals surface area (Å²) in [6.07, 6.45) is 4.68. The Morgan fingerprint density at radius 3 is 1.91 bits per heavy atom. The molecule has 0 spiro atoms. The number of aliphatic hydroxyl groups excluding tert-OH is 5. The lowest BCUT2D eigenvalue weighted by molar-refractivity contribution is -0.483. The molecule has 2 aliphatic heterocycles. The van der Waals surface area contributed by atoms with Crippen LogP contribution in [0.1, 0.15) is 110 Å². The predicted octanol–water partition coefficient (Wildman–Crippen LogP) is 1.27. The van der Waals surface area contributed by atoms with Gasteiger partial charge in [-0.2, -0.15) is 0 Å². The number of hydrogen-bond donors (Lipinski definition) is 8. The lowest BCUT2D eigenvalue weighted by Gasteiger charge is -2.50. The minimum atomic E-state index is -3.39. The van der Waals surface area contributed by atoms with Crippen LogP contribution in [0.2, 0.25) is 0 Å². The van der Waals surface area contributed by atoms with Crippen LogP contribution in [-0.2, 0) is 28.5 Å². The highest BCUT2D eigenvalue weighted by molar-refractivity contribution is 5.70. The zero-order valence-corrected chi connectivity index (χ0v) is 28.0. The van der Waals surface area contributed by atoms with E-state index in [1.165, 1.54) is 38.5 Å². The molecule has 276 valence electrons. The summed E-state index contributed by atoms with van der Waals surface area (Å²) in [5, 5.41) is 83.5. The second-order valence-electron chi connectivity index (χ2n) is 12.6. The molecule has 0 unspecified atom stereocenters. The van der Waals surface area contributed by atoms with Crippen LogP contribution in [0.4, 0.5) is 0 Å². The van der Waals surface area contributed by atoms with Crippen LogP contribution in [0.25, 0.3) is 0 Å². The van der Waals surface area contributed by atoms with E-state index in [0.717, 1.165) is 32.1 Å². The van der Waals surface area contributed by atoms with E-state index < -0.39 is 80.0 Å². The molecule has 47 heavy (non-hydrogen) atoms. The van der Waals surface area contributed by atoms with Crippen LogP contribution in [0, 0.1) is 0 Å². The largest absolute Gasteiger partial charge is 0.424 e. The molecule has 2 saturated heterocycles. The van der Waals surface area contributed by atoms with E-state index in [1.54, 1.807) is 6.92 Å². The van der Waals surface area contributed by atoms with E-state index in [4.69, 9.17) is 23.7 Å². The first-order valence-corrected chi connectivity index (χ1v) is 17.4. The molecule has 0 aliphatic carbocycles. The van der Waals surface area contributed by atoms with E-state index in [-0.39, 0.29) is 13.0 Å². The molecule has 0 radical (unpaired) electrons. The van der Waals surface area contributed by atoms with Crippen molar-refractivity contribution in [1.29, 1.82) is 0 Å². The maximum Gasteiger partial charge on any atom is 0.308 e. The van der Waals surface area contributed by atoms with Crippen molar-refractivity contribution in [2.45, 2.75) is 171 Å². The number of hydrogen-bond acceptors (Lipinski definition) is 14. The van der Waals surface area contributed by atoms with Gasteiger partial charge in [-0.15, -0.1) is 0 Å². The van der Waals surface area contributed by atoms with Gasteiger partial charge in [0.2, 0.25) is 6.29 Å². The van der Waals surface area contributed by atoms with Crippen LogP contribution in [0.5, 0.6) is 0 Å². The SMILES string of the molecule is CCCCCCCC/C=C\CCCCCCCC(=O)O[C@]1(O)[C@@H](O)[C@@H](CO[C@H]2O[C@H](CO)[C@H](O)[C@H](O)[C@@H]2O)O[C@@H](OCCC)C1(O)O. The highest BCUT2D eigenvalue weighted by atomic mass is 16.8. The van der Waals surface area contributed by atoms with Crippen molar-refractivity contribution in [1.82, 2.24) is 0 Å². The number of carbonyl (C=O) groups is 1. The van der Waals surface area contributed by atoms with Gasteiger partial charge in [-0.05, 0) is 38.5 Å². The molecule has 14 heteroatoms. The Hall–Kier alpha value is -1.27. The Labute approximate surface area is 278 Å². The summed E-state index contributed by atoms with van der Waals surface area (Å²) in [5.41, 5.74) is 0. The predicted molar refractivity (Wildman–Crippen MR) is 168 cm³/mol. The van der Waals surface area contributed by atoms with Crippen LogP contribution in [-0.4, -0.2) is 127 Å². The first-order chi connectivity index (χ1) is 22.4. The van der Waals surface area contributed by atoms with Crippen LogP contribution in [0.3, 0.4) is 0 Å². The molecule has 0 amide bonds. The highest BCUT2D eigenvalue weighted by Gasteiger charge is 2.68. The lowest BCUT2D eigenvalue weighted by atomic mass is 9.91.